The molecule has 62 heavy (non-hydrogen) atoms. The summed E-state index contributed by atoms with van der Waals surface area (Å²) in [5.74, 6) is 2.93. The molecule has 0 unspecified atom stereocenters. The van der Waals surface area contributed by atoms with E-state index in [9.17, 15) is 0 Å². The van der Waals surface area contributed by atoms with Crippen LogP contribution < -0.4 is 16.4 Å². The number of rotatable bonds is 5. The molecule has 0 spiro atoms. The van der Waals surface area contributed by atoms with E-state index in [4.69, 9.17) is 5.73 Å². The zero-order valence-electron chi connectivity index (χ0n) is 41.0. The second-order valence-corrected chi connectivity index (χ2v) is 18.7. The molecular formula is C55H79N7. The lowest BCUT2D eigenvalue weighted by atomic mass is 9.91. The summed E-state index contributed by atoms with van der Waals surface area (Å²) in [6, 6.07) is 19.2. The molecule has 7 heteroatoms. The van der Waals surface area contributed by atoms with E-state index >= 15 is 0 Å². The molecule has 0 saturated carbocycles. The van der Waals surface area contributed by atoms with Crippen LogP contribution in [0.4, 0.5) is 17.1 Å². The number of anilines is 3. The molecule has 3 aromatic heterocycles. The standard InChI is InChI=1S/C13H19N.C12H18N2.C10H13N3.C10H15N.C10H14/c1-9(2)12-7-6-11-5-4-8-14-13(11)10(12)3;1-8(2)10-7-14-11-5-4-6-13-12(11)9(10)3;1-6(2)8-4-11-10-9(7(8)3)12-5-13-10;1-7(2)9-5-4-6-10(11)8(9)3;1-8(2)10-7-5-4-6-9(10)3/h6-7,9,14H,4-5,8H2,1-3H3;7-8,13H,4-6H2,1-3H3;4-6H,1-3H3,(H,11,12,13);4-7H,11H2,1-3H3;4-8H,1-3H3. The highest BCUT2D eigenvalue weighted by Gasteiger charge is 2.17. The Morgan fingerprint density at radius 1 is 0.500 bits per heavy atom. The number of hydrogen-bond acceptors (Lipinski definition) is 6. The Hall–Kier alpha value is -5.17. The Bertz CT molecular complexity index is 2260. The third-order valence-electron chi connectivity index (χ3n) is 12.3. The number of nitrogens with zero attached hydrogens (tertiary/aromatic N) is 3. The Labute approximate surface area is 375 Å². The van der Waals surface area contributed by atoms with Gasteiger partial charge in [0.25, 0.3) is 0 Å². The third kappa shape index (κ3) is 12.9. The molecule has 0 bridgehead atoms. The van der Waals surface area contributed by atoms with Crippen molar-refractivity contribution >= 4 is 28.2 Å². The van der Waals surface area contributed by atoms with Gasteiger partial charge in [-0.15, -0.1) is 0 Å². The molecule has 5 N–H and O–H groups in total. The summed E-state index contributed by atoms with van der Waals surface area (Å²) < 4.78 is 0. The first-order valence-electron chi connectivity index (χ1n) is 23.2. The normalized spacial score (nSPS) is 12.8. The summed E-state index contributed by atoms with van der Waals surface area (Å²) >= 11 is 0. The Kier molecular flexibility index (Phi) is 18.6. The van der Waals surface area contributed by atoms with Gasteiger partial charge >= 0.3 is 0 Å². The fraction of sp³-hybridized carbons (Fsp3) is 0.473. The SMILES string of the molecule is Cc1c(C(C)C)ccc2c1NCCC2.Cc1c(C(C)C)cnc2c1NCCC2.Cc1c(C(C)C)cnc2nc[nH]c12.Cc1c(N)cccc1C(C)C.Cc1ccccc1C(C)C. The van der Waals surface area contributed by atoms with Crippen LogP contribution in [0.5, 0.6) is 0 Å². The summed E-state index contributed by atoms with van der Waals surface area (Å²) in [6.45, 7) is 35.1. The minimum Gasteiger partial charge on any atom is -0.399 e. The molecule has 0 fully saturated rings. The molecule has 5 heterocycles. The summed E-state index contributed by atoms with van der Waals surface area (Å²) in [5, 5.41) is 6.99. The molecule has 0 amide bonds. The van der Waals surface area contributed by atoms with Crippen LogP contribution in [-0.4, -0.2) is 33.0 Å². The van der Waals surface area contributed by atoms with Crippen LogP contribution in [0.2, 0.25) is 0 Å². The van der Waals surface area contributed by atoms with Crippen LogP contribution in [0, 0.1) is 34.6 Å². The van der Waals surface area contributed by atoms with Gasteiger partial charge in [0.05, 0.1) is 23.2 Å². The highest BCUT2D eigenvalue weighted by molar-refractivity contribution is 5.75. The molecule has 0 saturated heterocycles. The van der Waals surface area contributed by atoms with E-state index < -0.39 is 0 Å². The van der Waals surface area contributed by atoms with Crippen molar-refractivity contribution < 1.29 is 0 Å². The highest BCUT2D eigenvalue weighted by atomic mass is 14.9. The van der Waals surface area contributed by atoms with Crippen molar-refractivity contribution in [1.82, 2.24) is 19.9 Å². The zero-order valence-corrected chi connectivity index (χ0v) is 41.0. The van der Waals surface area contributed by atoms with Crippen LogP contribution in [0.15, 0.2) is 73.3 Å². The molecular weight excluding hydrogens is 759 g/mol. The van der Waals surface area contributed by atoms with Crippen LogP contribution in [0.3, 0.4) is 0 Å². The quantitative estimate of drug-likeness (QED) is 0.129. The second-order valence-electron chi connectivity index (χ2n) is 18.7. The number of aromatic amines is 1. The summed E-state index contributed by atoms with van der Waals surface area (Å²) in [4.78, 5) is 16.0. The minimum atomic E-state index is 0.514. The van der Waals surface area contributed by atoms with Crippen molar-refractivity contribution in [3.8, 4) is 0 Å². The van der Waals surface area contributed by atoms with Gasteiger partial charge in [-0.2, -0.15) is 0 Å². The van der Waals surface area contributed by atoms with Gasteiger partial charge in [0.2, 0.25) is 0 Å². The lowest BCUT2D eigenvalue weighted by Crippen LogP contribution is -2.15. The second kappa shape index (κ2) is 23.3. The Balaban J connectivity index is 0.000000171. The predicted molar refractivity (Wildman–Crippen MR) is 270 cm³/mol. The molecule has 0 aliphatic carbocycles. The predicted octanol–water partition coefficient (Wildman–Crippen LogP) is 14.6. The van der Waals surface area contributed by atoms with Gasteiger partial charge in [-0.05, 0) is 157 Å². The topological polar surface area (TPSA) is 105 Å². The Morgan fingerprint density at radius 3 is 1.63 bits per heavy atom. The first kappa shape index (κ1) is 49.5. The number of imidazole rings is 1. The van der Waals surface area contributed by atoms with Crippen LogP contribution in [0.1, 0.15) is 179 Å². The number of nitrogen functional groups attached to an aromatic ring is 1. The summed E-state index contributed by atoms with van der Waals surface area (Å²) in [6.07, 6.45) is 10.5. The smallest absolute Gasteiger partial charge is 0.177 e. The molecule has 334 valence electrons. The zero-order chi connectivity index (χ0) is 45.7. The van der Waals surface area contributed by atoms with Gasteiger partial charge in [-0.25, -0.2) is 9.97 Å². The van der Waals surface area contributed by atoms with Crippen molar-refractivity contribution in [2.75, 3.05) is 29.5 Å². The fourth-order valence-corrected chi connectivity index (χ4v) is 8.65. The number of benzene rings is 3. The lowest BCUT2D eigenvalue weighted by Gasteiger charge is -2.23. The van der Waals surface area contributed by atoms with Gasteiger partial charge in [0, 0.05) is 36.9 Å². The number of nitrogens with two attached hydrogens (primary N) is 1. The number of aryl methyl sites for hydroxylation is 4. The van der Waals surface area contributed by atoms with E-state index in [-0.39, 0.29) is 0 Å². The maximum absolute atomic E-state index is 5.76. The number of pyridine rings is 2. The molecule has 2 aliphatic rings. The first-order chi connectivity index (χ1) is 29.4. The van der Waals surface area contributed by atoms with E-state index in [2.05, 4.69) is 177 Å². The molecule has 0 radical (unpaired) electrons. The average Bonchev–Trinajstić information content (AvgIpc) is 3.73. The van der Waals surface area contributed by atoms with E-state index in [0.29, 0.717) is 29.6 Å². The highest BCUT2D eigenvalue weighted by Crippen LogP contribution is 2.32. The third-order valence-corrected chi connectivity index (χ3v) is 12.3. The number of H-pyrrole nitrogens is 1. The maximum Gasteiger partial charge on any atom is 0.177 e. The van der Waals surface area contributed by atoms with Gasteiger partial charge in [-0.3, -0.25) is 4.98 Å². The van der Waals surface area contributed by atoms with Gasteiger partial charge < -0.3 is 21.4 Å². The molecule has 6 aromatic rings. The van der Waals surface area contributed by atoms with Crippen LogP contribution in [-0.2, 0) is 12.8 Å². The number of nitrogens with one attached hydrogen (secondary N) is 3. The van der Waals surface area contributed by atoms with Crippen molar-refractivity contribution in [1.29, 1.82) is 0 Å². The van der Waals surface area contributed by atoms with Crippen LogP contribution in [0.25, 0.3) is 11.2 Å². The van der Waals surface area contributed by atoms with E-state index in [1.54, 1.807) is 6.33 Å². The van der Waals surface area contributed by atoms with E-state index in [1.807, 2.05) is 24.5 Å². The van der Waals surface area contributed by atoms with Gasteiger partial charge in [0.1, 0.15) is 0 Å². The average molecular weight is 838 g/mol. The van der Waals surface area contributed by atoms with Crippen molar-refractivity contribution in [3.05, 3.63) is 140 Å². The fourth-order valence-electron chi connectivity index (χ4n) is 8.65. The largest absolute Gasteiger partial charge is 0.399 e. The van der Waals surface area contributed by atoms with Gasteiger partial charge in [-0.1, -0.05) is 118 Å². The van der Waals surface area contributed by atoms with Crippen molar-refractivity contribution in [2.24, 2.45) is 0 Å². The lowest BCUT2D eigenvalue weighted by molar-refractivity contribution is 0.780. The maximum atomic E-state index is 5.76. The summed E-state index contributed by atoms with van der Waals surface area (Å²) in [7, 11) is 0. The van der Waals surface area contributed by atoms with E-state index in [0.717, 1.165) is 36.4 Å². The molecule has 8 rings (SSSR count). The Morgan fingerprint density at radius 2 is 1.03 bits per heavy atom. The molecule has 3 aromatic carbocycles. The van der Waals surface area contributed by atoms with Crippen molar-refractivity contribution in [3.63, 3.8) is 0 Å². The number of fused-ring (bicyclic) bond motifs is 3. The van der Waals surface area contributed by atoms with Crippen LogP contribution >= 0.6 is 0 Å². The number of hydrogen-bond donors (Lipinski definition) is 4. The first-order valence-corrected chi connectivity index (χ1v) is 23.2. The molecule has 7 nitrogen and oxygen atoms in total. The molecule has 2 aliphatic heterocycles. The van der Waals surface area contributed by atoms with Crippen molar-refractivity contribution in [2.45, 2.75) is 159 Å². The number of aromatic nitrogens is 4. The minimum absolute atomic E-state index is 0.514. The monoisotopic (exact) mass is 838 g/mol. The molecule has 0 atom stereocenters. The van der Waals surface area contributed by atoms with Gasteiger partial charge in [0.15, 0.2) is 5.65 Å². The van der Waals surface area contributed by atoms with E-state index in [1.165, 1.54) is 97.5 Å². The summed E-state index contributed by atoms with van der Waals surface area (Å²) in [5.41, 5.74) is 27.7.